The number of rotatable bonds is 8. The molecule has 0 saturated carbocycles. The summed E-state index contributed by atoms with van der Waals surface area (Å²) in [6.45, 7) is 7.40. The molecule has 0 unspecified atom stereocenters. The lowest BCUT2D eigenvalue weighted by Gasteiger charge is -2.40. The summed E-state index contributed by atoms with van der Waals surface area (Å²) in [7, 11) is 0. The molecule has 2 N–H and O–H groups in total. The van der Waals surface area contributed by atoms with E-state index in [0.29, 0.717) is 18.4 Å². The molecule has 0 radical (unpaired) electrons. The van der Waals surface area contributed by atoms with E-state index >= 15 is 0 Å². The normalized spacial score (nSPS) is 31.6. The van der Waals surface area contributed by atoms with Crippen LogP contribution in [0.3, 0.4) is 0 Å². The molecule has 3 fully saturated rings. The van der Waals surface area contributed by atoms with E-state index in [4.69, 9.17) is 4.74 Å². The maximum absolute atomic E-state index is 14.0. The number of amides is 2. The van der Waals surface area contributed by atoms with Gasteiger partial charge in [0.2, 0.25) is 11.8 Å². The number of ether oxygens (including phenoxy) is 1. The number of carbonyl (C=O) groups excluding carboxylic acids is 2. The van der Waals surface area contributed by atoms with Crippen LogP contribution in [0.1, 0.15) is 38.3 Å². The van der Waals surface area contributed by atoms with Gasteiger partial charge in [0, 0.05) is 12.6 Å². The molecular formula is C24H30N2O6. The van der Waals surface area contributed by atoms with Crippen molar-refractivity contribution in [3.8, 4) is 0 Å². The Bertz CT molecular complexity index is 918. The van der Waals surface area contributed by atoms with Gasteiger partial charge in [0.1, 0.15) is 11.6 Å². The molecule has 3 aliphatic heterocycles. The highest BCUT2D eigenvalue weighted by molar-refractivity contribution is 5.98. The molecule has 1 spiro atoms. The Kier molecular flexibility index (Phi) is 5.85. The number of nitrogens with zero attached hydrogens (tertiary/aromatic N) is 2. The van der Waals surface area contributed by atoms with Crippen molar-refractivity contribution in [3.63, 3.8) is 0 Å². The molecule has 4 rings (SSSR count). The minimum atomic E-state index is -1.21. The third kappa shape index (κ3) is 3.16. The van der Waals surface area contributed by atoms with Crippen LogP contribution in [0, 0.1) is 11.8 Å². The lowest BCUT2D eigenvalue weighted by atomic mass is 9.70. The summed E-state index contributed by atoms with van der Waals surface area (Å²) in [5.41, 5.74) is -0.531. The summed E-state index contributed by atoms with van der Waals surface area (Å²) in [6.07, 6.45) is 1.95. The highest BCUT2D eigenvalue weighted by atomic mass is 16.5. The van der Waals surface area contributed by atoms with Gasteiger partial charge in [-0.05, 0) is 32.3 Å². The standard InChI is InChI=1S/C24H30N2O6/c1-4-12-25(14(2)3)22(29)20-24-11-10-17(32-24)18(23(30)31)19(24)21(28)26(20)16(13-27)15-8-6-5-7-9-15/h4-9,14,16-20,27H,1,10-13H2,2-3H3,(H,30,31)/t16-,17+,18-,19-,20+,24-/m1/s1. The molecule has 172 valence electrons. The number of carboxylic acid groups (broad SMARTS) is 1. The van der Waals surface area contributed by atoms with Crippen LogP contribution in [0.2, 0.25) is 0 Å². The van der Waals surface area contributed by atoms with Crippen LogP contribution >= 0.6 is 0 Å². The predicted molar refractivity (Wildman–Crippen MR) is 115 cm³/mol. The second-order valence-corrected chi connectivity index (χ2v) is 9.12. The fraction of sp³-hybridized carbons (Fsp3) is 0.542. The molecule has 1 aromatic carbocycles. The largest absolute Gasteiger partial charge is 0.481 e. The summed E-state index contributed by atoms with van der Waals surface area (Å²) >= 11 is 0. The van der Waals surface area contributed by atoms with E-state index in [1.165, 1.54) is 4.90 Å². The predicted octanol–water partition coefficient (Wildman–Crippen LogP) is 1.60. The quantitative estimate of drug-likeness (QED) is 0.593. The van der Waals surface area contributed by atoms with E-state index in [1.54, 1.807) is 35.2 Å². The number of carbonyl (C=O) groups is 3. The third-order valence-electron chi connectivity index (χ3n) is 7.18. The van der Waals surface area contributed by atoms with E-state index < -0.39 is 54.1 Å². The molecule has 3 aliphatic rings. The number of fused-ring (bicyclic) bond motifs is 1. The Morgan fingerprint density at radius 1 is 1.34 bits per heavy atom. The minimum Gasteiger partial charge on any atom is -0.481 e. The molecule has 2 amide bonds. The molecule has 0 aromatic heterocycles. The first-order valence-corrected chi connectivity index (χ1v) is 11.1. The van der Waals surface area contributed by atoms with Gasteiger partial charge in [0.25, 0.3) is 0 Å². The van der Waals surface area contributed by atoms with E-state index in [9.17, 15) is 24.6 Å². The Hall–Kier alpha value is -2.71. The van der Waals surface area contributed by atoms with Crippen molar-refractivity contribution in [3.05, 3.63) is 48.6 Å². The highest BCUT2D eigenvalue weighted by Gasteiger charge is 2.75. The van der Waals surface area contributed by atoms with Crippen molar-refractivity contribution < 1.29 is 29.3 Å². The average Bonchev–Trinajstić information content (AvgIpc) is 3.41. The summed E-state index contributed by atoms with van der Waals surface area (Å²) in [6, 6.07) is 7.04. The Balaban J connectivity index is 1.85. The van der Waals surface area contributed by atoms with E-state index in [2.05, 4.69) is 6.58 Å². The van der Waals surface area contributed by atoms with Crippen molar-refractivity contribution in [2.24, 2.45) is 11.8 Å². The van der Waals surface area contributed by atoms with E-state index in [0.717, 1.165) is 0 Å². The van der Waals surface area contributed by atoms with Crippen LogP contribution in [0.4, 0.5) is 0 Å². The van der Waals surface area contributed by atoms with Crippen LogP contribution in [0.5, 0.6) is 0 Å². The van der Waals surface area contributed by atoms with Gasteiger partial charge in [-0.1, -0.05) is 36.4 Å². The number of hydrogen-bond acceptors (Lipinski definition) is 5. The first-order valence-electron chi connectivity index (χ1n) is 11.1. The fourth-order valence-corrected chi connectivity index (χ4v) is 5.87. The van der Waals surface area contributed by atoms with Crippen molar-refractivity contribution in [1.29, 1.82) is 0 Å². The number of hydrogen-bond donors (Lipinski definition) is 2. The molecule has 0 aliphatic carbocycles. The summed E-state index contributed by atoms with van der Waals surface area (Å²) in [4.78, 5) is 42.9. The lowest BCUT2D eigenvalue weighted by Crippen LogP contribution is -2.58. The minimum absolute atomic E-state index is 0.161. The SMILES string of the molecule is C=CCN(C(=O)[C@@H]1N([C@H](CO)c2ccccc2)C(=O)[C@H]2[C@H](C(=O)O)[C@@H]3CC[C@]12O3)C(C)C. The molecule has 6 atom stereocenters. The van der Waals surface area contributed by atoms with Crippen LogP contribution in [-0.4, -0.2) is 74.7 Å². The molecule has 8 heteroatoms. The van der Waals surface area contributed by atoms with Crippen LogP contribution in [0.25, 0.3) is 0 Å². The van der Waals surface area contributed by atoms with Crippen molar-refractivity contribution in [1.82, 2.24) is 9.80 Å². The van der Waals surface area contributed by atoms with Gasteiger partial charge in [-0.3, -0.25) is 14.4 Å². The Morgan fingerprint density at radius 2 is 2.03 bits per heavy atom. The average molecular weight is 443 g/mol. The molecule has 2 bridgehead atoms. The Morgan fingerprint density at radius 3 is 2.59 bits per heavy atom. The zero-order valence-electron chi connectivity index (χ0n) is 18.4. The van der Waals surface area contributed by atoms with Crippen LogP contribution < -0.4 is 0 Å². The van der Waals surface area contributed by atoms with E-state index in [1.807, 2.05) is 19.9 Å². The van der Waals surface area contributed by atoms with Crippen molar-refractivity contribution in [2.75, 3.05) is 13.2 Å². The van der Waals surface area contributed by atoms with Gasteiger partial charge in [0.15, 0.2) is 0 Å². The smallest absolute Gasteiger partial charge is 0.310 e. The summed E-state index contributed by atoms with van der Waals surface area (Å²) in [5.74, 6) is -3.79. The maximum Gasteiger partial charge on any atom is 0.310 e. The molecule has 32 heavy (non-hydrogen) atoms. The second-order valence-electron chi connectivity index (χ2n) is 9.12. The number of carboxylic acids is 1. The van der Waals surface area contributed by atoms with Crippen molar-refractivity contribution >= 4 is 17.8 Å². The van der Waals surface area contributed by atoms with Gasteiger partial charge < -0.3 is 24.7 Å². The molecule has 1 aromatic rings. The van der Waals surface area contributed by atoms with Gasteiger partial charge in [-0.25, -0.2) is 0 Å². The summed E-state index contributed by atoms with van der Waals surface area (Å²) in [5, 5.41) is 20.2. The first-order chi connectivity index (χ1) is 15.3. The zero-order chi connectivity index (χ0) is 23.2. The number of aliphatic hydroxyl groups is 1. The first kappa shape index (κ1) is 22.5. The van der Waals surface area contributed by atoms with Crippen LogP contribution in [-0.2, 0) is 19.1 Å². The number of benzene rings is 1. The number of aliphatic hydroxyl groups excluding tert-OH is 1. The Labute approximate surface area is 187 Å². The molecular weight excluding hydrogens is 412 g/mol. The number of likely N-dealkylation sites (tertiary alicyclic amines) is 1. The topological polar surface area (TPSA) is 107 Å². The highest BCUT2D eigenvalue weighted by Crippen LogP contribution is 2.59. The molecule has 8 nitrogen and oxygen atoms in total. The van der Waals surface area contributed by atoms with Crippen molar-refractivity contribution in [2.45, 2.75) is 56.5 Å². The van der Waals surface area contributed by atoms with Gasteiger partial charge >= 0.3 is 5.97 Å². The number of aliphatic carboxylic acids is 1. The summed E-state index contributed by atoms with van der Waals surface area (Å²) < 4.78 is 6.23. The second kappa shape index (κ2) is 8.33. The monoisotopic (exact) mass is 442 g/mol. The zero-order valence-corrected chi connectivity index (χ0v) is 18.4. The fourth-order valence-electron chi connectivity index (χ4n) is 5.87. The van der Waals surface area contributed by atoms with Gasteiger partial charge in [-0.2, -0.15) is 0 Å². The third-order valence-corrected chi connectivity index (χ3v) is 7.18. The molecule has 3 saturated heterocycles. The lowest BCUT2D eigenvalue weighted by molar-refractivity contribution is -0.154. The van der Waals surface area contributed by atoms with Gasteiger partial charge in [0.05, 0.1) is 30.6 Å². The van der Waals surface area contributed by atoms with Crippen LogP contribution in [0.15, 0.2) is 43.0 Å². The molecule has 3 heterocycles. The van der Waals surface area contributed by atoms with E-state index in [-0.39, 0.29) is 18.5 Å². The van der Waals surface area contributed by atoms with Gasteiger partial charge in [-0.15, -0.1) is 6.58 Å². The maximum atomic E-state index is 14.0.